The highest BCUT2D eigenvalue weighted by Crippen LogP contribution is 2.39. The van der Waals surface area contributed by atoms with E-state index in [1.54, 1.807) is 9.58 Å². The topological polar surface area (TPSA) is 73.0 Å². The summed E-state index contributed by atoms with van der Waals surface area (Å²) < 4.78 is 1.64. The van der Waals surface area contributed by atoms with Crippen molar-refractivity contribution >= 4 is 23.4 Å². The van der Waals surface area contributed by atoms with Crippen molar-refractivity contribution in [3.63, 3.8) is 0 Å². The quantitative estimate of drug-likeness (QED) is 0.620. The summed E-state index contributed by atoms with van der Waals surface area (Å²) in [4.78, 5) is 17.9. The number of fused-ring (bicyclic) bond motifs is 3. The van der Waals surface area contributed by atoms with Gasteiger partial charge in [0.2, 0.25) is 5.91 Å². The summed E-state index contributed by atoms with van der Waals surface area (Å²) in [7, 11) is 0. The maximum absolute atomic E-state index is 12.5. The first-order valence-corrected chi connectivity index (χ1v) is 8.25. The fourth-order valence-corrected chi connectivity index (χ4v) is 3.18. The van der Waals surface area contributed by atoms with E-state index in [-0.39, 0.29) is 18.0 Å². The summed E-state index contributed by atoms with van der Waals surface area (Å²) in [5.74, 6) is -0.386. The predicted octanol–water partition coefficient (Wildman–Crippen LogP) is 1.50. The minimum absolute atomic E-state index is 0.0748. The molecule has 0 N–H and O–H groups in total. The second-order valence-corrected chi connectivity index (χ2v) is 5.77. The molecular formula is C15H16N4O2S. The highest BCUT2D eigenvalue weighted by molar-refractivity contribution is 7.98. The van der Waals surface area contributed by atoms with E-state index >= 15 is 0 Å². The molecule has 22 heavy (non-hydrogen) atoms. The van der Waals surface area contributed by atoms with Gasteiger partial charge in [0.25, 0.3) is 17.0 Å². The predicted molar refractivity (Wildman–Crippen MR) is 81.4 cm³/mol. The smallest absolute Gasteiger partial charge is 0.266 e. The maximum Gasteiger partial charge on any atom is 0.266 e. The summed E-state index contributed by atoms with van der Waals surface area (Å²) in [6.07, 6.45) is 2.15. The molecule has 3 rings (SSSR count). The van der Waals surface area contributed by atoms with Gasteiger partial charge in [0.15, 0.2) is 0 Å². The van der Waals surface area contributed by atoms with Gasteiger partial charge in [-0.25, -0.2) is 4.98 Å². The first-order valence-electron chi connectivity index (χ1n) is 7.02. The number of rotatable bonds is 2. The van der Waals surface area contributed by atoms with Crippen LogP contribution in [0.5, 0.6) is 5.88 Å². The number of nitrogens with zero attached hydrogens (tertiary/aromatic N) is 4. The highest BCUT2D eigenvalue weighted by Gasteiger charge is 2.41. The van der Waals surface area contributed by atoms with Crippen LogP contribution in [0.15, 0.2) is 29.4 Å². The minimum atomic E-state index is -0.316. The zero-order chi connectivity index (χ0) is 15.9. The fraction of sp³-hybridized carbons (Fsp3) is 0.333. The van der Waals surface area contributed by atoms with Gasteiger partial charge >= 0.3 is 0 Å². The second-order valence-electron chi connectivity index (χ2n) is 4.99. The number of aromatic nitrogens is 3. The fourth-order valence-electron chi connectivity index (χ4n) is 2.83. The number of thioether (sulfide) groups is 1. The number of hydrogen-bond acceptors (Lipinski definition) is 5. The zero-order valence-corrected chi connectivity index (χ0v) is 13.4. The molecule has 1 atom stereocenters. The Balaban J connectivity index is 2.35. The van der Waals surface area contributed by atoms with Crippen molar-refractivity contribution in [2.45, 2.75) is 31.6 Å². The lowest BCUT2D eigenvalue weighted by Crippen LogP contribution is -2.58. The van der Waals surface area contributed by atoms with Crippen molar-refractivity contribution < 1.29 is 14.6 Å². The molecule has 0 radical (unpaired) electrons. The Morgan fingerprint density at radius 3 is 2.82 bits per heavy atom. The number of hydrogen-bond donors (Lipinski definition) is 0. The molecule has 0 saturated carbocycles. The van der Waals surface area contributed by atoms with Gasteiger partial charge in [-0.1, -0.05) is 35.5 Å². The van der Waals surface area contributed by atoms with Crippen LogP contribution >= 0.6 is 11.8 Å². The third-order valence-electron chi connectivity index (χ3n) is 3.71. The Morgan fingerprint density at radius 1 is 1.45 bits per heavy atom. The van der Waals surface area contributed by atoms with Crippen LogP contribution in [0.3, 0.4) is 0 Å². The maximum atomic E-state index is 12.5. The van der Waals surface area contributed by atoms with Crippen LogP contribution in [0, 0.1) is 0 Å². The number of para-hydroxylation sites is 1. The molecule has 0 saturated heterocycles. The number of benzene rings is 1. The van der Waals surface area contributed by atoms with Crippen LogP contribution in [0.25, 0.3) is 11.3 Å². The van der Waals surface area contributed by atoms with Gasteiger partial charge in [-0.05, 0) is 18.4 Å². The van der Waals surface area contributed by atoms with Gasteiger partial charge in [0, 0.05) is 18.4 Å². The summed E-state index contributed by atoms with van der Waals surface area (Å²) in [5.41, 5.74) is 1.87. The molecule has 0 spiro atoms. The van der Waals surface area contributed by atoms with Crippen LogP contribution in [0.4, 0.5) is 5.69 Å². The molecule has 2 aromatic rings. The minimum Gasteiger partial charge on any atom is -0.854 e. The number of anilines is 1. The van der Waals surface area contributed by atoms with Crippen LogP contribution in [0.1, 0.15) is 26.4 Å². The van der Waals surface area contributed by atoms with Crippen molar-refractivity contribution in [2.24, 2.45) is 0 Å². The molecule has 114 valence electrons. The molecule has 1 aliphatic rings. The summed E-state index contributed by atoms with van der Waals surface area (Å²) >= 11 is 1.31. The van der Waals surface area contributed by atoms with E-state index in [1.807, 2.05) is 37.4 Å². The second kappa shape index (κ2) is 5.57. The zero-order valence-electron chi connectivity index (χ0n) is 12.6. The molecular weight excluding hydrogens is 300 g/mol. The van der Waals surface area contributed by atoms with E-state index in [0.29, 0.717) is 22.8 Å². The molecule has 1 aromatic heterocycles. The Morgan fingerprint density at radius 2 is 2.18 bits per heavy atom. The van der Waals surface area contributed by atoms with Gasteiger partial charge in [-0.3, -0.25) is 9.69 Å². The van der Waals surface area contributed by atoms with Crippen molar-refractivity contribution in [1.29, 1.82) is 0 Å². The van der Waals surface area contributed by atoms with E-state index < -0.39 is 0 Å². The van der Waals surface area contributed by atoms with E-state index in [9.17, 15) is 9.90 Å². The van der Waals surface area contributed by atoms with E-state index in [2.05, 4.69) is 10.1 Å². The van der Waals surface area contributed by atoms with E-state index in [1.165, 1.54) is 18.7 Å². The summed E-state index contributed by atoms with van der Waals surface area (Å²) in [6, 6.07) is 7.38. The van der Waals surface area contributed by atoms with Crippen LogP contribution in [0.2, 0.25) is 0 Å². The first kappa shape index (κ1) is 14.8. The molecule has 7 heteroatoms. The third-order valence-corrected chi connectivity index (χ3v) is 4.25. The molecule has 0 fully saturated rings. The molecule has 0 aliphatic carbocycles. The van der Waals surface area contributed by atoms with Gasteiger partial charge < -0.3 is 5.11 Å². The lowest BCUT2D eigenvalue weighted by molar-refractivity contribution is -0.772. The standard InChI is InChI=1S/C15H16N4O2S/c1-4-12-18(9(2)20)11-8-6-5-7-10(11)13-14(21)16-15(22-3)17-19(12)13/h5-8,12H,4H2,1-3H3. The lowest BCUT2D eigenvalue weighted by atomic mass is 10.0. The normalized spacial score (nSPS) is 16.1. The third kappa shape index (κ3) is 2.12. The summed E-state index contributed by atoms with van der Waals surface area (Å²) in [5, 5.41) is 17.3. The lowest BCUT2D eigenvalue weighted by Gasteiger charge is -2.32. The molecule has 2 heterocycles. The Bertz CT molecular complexity index is 750. The monoisotopic (exact) mass is 316 g/mol. The number of carbonyl (C=O) groups excluding carboxylic acids is 1. The SMILES string of the molecule is CCC1N(C(C)=O)c2ccccc2-c2c([O-])nc(SC)n[n+]21. The van der Waals surface area contributed by atoms with Crippen molar-refractivity contribution in [3.8, 4) is 17.1 Å². The van der Waals surface area contributed by atoms with E-state index in [0.717, 1.165) is 5.69 Å². The molecule has 1 amide bonds. The van der Waals surface area contributed by atoms with E-state index in [4.69, 9.17) is 0 Å². The van der Waals surface area contributed by atoms with Gasteiger partial charge in [-0.2, -0.15) is 0 Å². The highest BCUT2D eigenvalue weighted by atomic mass is 32.2. The number of carbonyl (C=O) groups is 1. The summed E-state index contributed by atoms with van der Waals surface area (Å²) in [6.45, 7) is 3.50. The van der Waals surface area contributed by atoms with Gasteiger partial charge in [0.05, 0.1) is 17.1 Å². The molecule has 1 aliphatic heterocycles. The van der Waals surface area contributed by atoms with Crippen LogP contribution in [-0.2, 0) is 4.79 Å². The van der Waals surface area contributed by atoms with Crippen LogP contribution < -0.4 is 14.7 Å². The van der Waals surface area contributed by atoms with Crippen molar-refractivity contribution in [1.82, 2.24) is 10.1 Å². The number of amides is 1. The van der Waals surface area contributed by atoms with Crippen molar-refractivity contribution in [2.75, 3.05) is 11.2 Å². The Labute approximate surface area is 132 Å². The molecule has 6 nitrogen and oxygen atoms in total. The Hall–Kier alpha value is -2.15. The Kier molecular flexibility index (Phi) is 3.74. The van der Waals surface area contributed by atoms with Gasteiger partial charge in [-0.15, -0.1) is 0 Å². The van der Waals surface area contributed by atoms with Crippen molar-refractivity contribution in [3.05, 3.63) is 24.3 Å². The van der Waals surface area contributed by atoms with Gasteiger partial charge in [0.1, 0.15) is 0 Å². The molecule has 0 bridgehead atoms. The largest absolute Gasteiger partial charge is 0.854 e. The first-order chi connectivity index (χ1) is 10.6. The molecule has 1 aromatic carbocycles. The van der Waals surface area contributed by atoms with Crippen LogP contribution in [-0.4, -0.2) is 22.2 Å². The average molecular weight is 316 g/mol. The average Bonchev–Trinajstić information content (AvgIpc) is 2.52. The molecule has 1 unspecified atom stereocenters.